The predicted octanol–water partition coefficient (Wildman–Crippen LogP) is 2.37. The monoisotopic (exact) mass is 154 g/mol. The van der Waals surface area contributed by atoms with E-state index in [1.54, 1.807) is 0 Å². The summed E-state index contributed by atoms with van der Waals surface area (Å²) in [4.78, 5) is 10.1. The van der Waals surface area contributed by atoms with Crippen LogP contribution in [0.2, 0.25) is 0 Å². The second-order valence-corrected chi connectivity index (χ2v) is 2.48. The topological polar surface area (TPSA) is 37.3 Å². The quantitative estimate of drug-likeness (QED) is 0.617. The summed E-state index contributed by atoms with van der Waals surface area (Å²) in [6.45, 7) is 5.56. The maximum absolute atomic E-state index is 10.1. The first-order valence-electron chi connectivity index (χ1n) is 3.65. The molecule has 0 unspecified atom stereocenters. The van der Waals surface area contributed by atoms with Gasteiger partial charge in [-0.2, -0.15) is 0 Å². The fourth-order valence-electron chi connectivity index (χ4n) is 0.753. The molecule has 0 aliphatic carbocycles. The maximum atomic E-state index is 10.1. The van der Waals surface area contributed by atoms with E-state index in [0.717, 1.165) is 6.42 Å². The third-order valence-electron chi connectivity index (χ3n) is 1.32. The SMILES string of the molecule is C=CC/C(C)=C/CCC(=O)O. The second-order valence-electron chi connectivity index (χ2n) is 2.48. The number of rotatable bonds is 5. The molecule has 0 fully saturated rings. The summed E-state index contributed by atoms with van der Waals surface area (Å²) in [5.74, 6) is -0.743. The average molecular weight is 154 g/mol. The highest BCUT2D eigenvalue weighted by molar-refractivity contribution is 5.66. The number of hydrogen-bond donors (Lipinski definition) is 1. The number of carboxylic acid groups (broad SMARTS) is 1. The largest absolute Gasteiger partial charge is 0.481 e. The molecule has 0 aromatic carbocycles. The summed E-state index contributed by atoms with van der Waals surface area (Å²) >= 11 is 0. The van der Waals surface area contributed by atoms with E-state index in [4.69, 9.17) is 5.11 Å². The van der Waals surface area contributed by atoms with Crippen molar-refractivity contribution in [1.29, 1.82) is 0 Å². The van der Waals surface area contributed by atoms with Gasteiger partial charge < -0.3 is 5.11 Å². The first-order chi connectivity index (χ1) is 5.16. The zero-order chi connectivity index (χ0) is 8.69. The third kappa shape index (κ3) is 6.84. The lowest BCUT2D eigenvalue weighted by molar-refractivity contribution is -0.136. The maximum Gasteiger partial charge on any atom is 0.303 e. The Morgan fingerprint density at radius 2 is 2.27 bits per heavy atom. The van der Waals surface area contributed by atoms with Gasteiger partial charge in [-0.05, 0) is 19.8 Å². The van der Waals surface area contributed by atoms with Crippen molar-refractivity contribution < 1.29 is 9.90 Å². The van der Waals surface area contributed by atoms with Crippen LogP contribution in [0.1, 0.15) is 26.2 Å². The molecular weight excluding hydrogens is 140 g/mol. The number of carboxylic acids is 1. The molecule has 0 bridgehead atoms. The fraction of sp³-hybridized carbons (Fsp3) is 0.444. The van der Waals surface area contributed by atoms with Crippen LogP contribution in [0, 0.1) is 0 Å². The molecular formula is C9H14O2. The minimum atomic E-state index is -0.743. The van der Waals surface area contributed by atoms with E-state index in [1.807, 2.05) is 19.1 Å². The van der Waals surface area contributed by atoms with Crippen LogP contribution < -0.4 is 0 Å². The Kier molecular flexibility index (Phi) is 5.17. The van der Waals surface area contributed by atoms with Crippen LogP contribution >= 0.6 is 0 Å². The molecule has 0 saturated carbocycles. The van der Waals surface area contributed by atoms with Crippen molar-refractivity contribution in [2.75, 3.05) is 0 Å². The van der Waals surface area contributed by atoms with Crippen molar-refractivity contribution in [1.82, 2.24) is 0 Å². The van der Waals surface area contributed by atoms with Gasteiger partial charge in [-0.15, -0.1) is 6.58 Å². The van der Waals surface area contributed by atoms with Crippen molar-refractivity contribution in [3.8, 4) is 0 Å². The summed E-state index contributed by atoms with van der Waals surface area (Å²) in [5, 5.41) is 8.31. The summed E-state index contributed by atoms with van der Waals surface area (Å²) in [7, 11) is 0. The Bertz CT molecular complexity index is 168. The van der Waals surface area contributed by atoms with Crippen molar-refractivity contribution >= 4 is 5.97 Å². The molecule has 0 saturated heterocycles. The van der Waals surface area contributed by atoms with Crippen LogP contribution in [0.4, 0.5) is 0 Å². The van der Waals surface area contributed by atoms with Gasteiger partial charge in [-0.1, -0.05) is 17.7 Å². The molecule has 0 heterocycles. The van der Waals surface area contributed by atoms with Crippen LogP contribution in [-0.2, 0) is 4.79 Å². The molecule has 0 atom stereocenters. The zero-order valence-electron chi connectivity index (χ0n) is 6.84. The molecule has 1 N–H and O–H groups in total. The minimum absolute atomic E-state index is 0.217. The predicted molar refractivity (Wildman–Crippen MR) is 45.4 cm³/mol. The van der Waals surface area contributed by atoms with Crippen molar-refractivity contribution in [2.24, 2.45) is 0 Å². The average Bonchev–Trinajstić information content (AvgIpc) is 1.87. The van der Waals surface area contributed by atoms with Crippen molar-refractivity contribution in [3.63, 3.8) is 0 Å². The molecule has 0 spiro atoms. The number of aliphatic carboxylic acids is 1. The number of allylic oxidation sites excluding steroid dienone is 3. The lowest BCUT2D eigenvalue weighted by Crippen LogP contribution is -1.92. The van der Waals surface area contributed by atoms with Crippen LogP contribution in [0.25, 0.3) is 0 Å². The second kappa shape index (κ2) is 5.71. The van der Waals surface area contributed by atoms with E-state index in [2.05, 4.69) is 6.58 Å². The highest BCUT2D eigenvalue weighted by atomic mass is 16.4. The zero-order valence-corrected chi connectivity index (χ0v) is 6.84. The first-order valence-corrected chi connectivity index (χ1v) is 3.65. The third-order valence-corrected chi connectivity index (χ3v) is 1.32. The Morgan fingerprint density at radius 3 is 2.73 bits per heavy atom. The Balaban J connectivity index is 3.55. The molecule has 0 radical (unpaired) electrons. The molecule has 0 aliphatic heterocycles. The van der Waals surface area contributed by atoms with Crippen molar-refractivity contribution in [2.45, 2.75) is 26.2 Å². The molecule has 0 aromatic heterocycles. The van der Waals surface area contributed by atoms with Crippen LogP contribution in [-0.4, -0.2) is 11.1 Å². The minimum Gasteiger partial charge on any atom is -0.481 e. The Hall–Kier alpha value is -1.05. The Labute approximate surface area is 67.2 Å². The standard InChI is InChI=1S/C9H14O2/c1-3-5-8(2)6-4-7-9(10)11/h3,6H,1,4-5,7H2,2H3,(H,10,11)/b8-6+. The molecule has 2 nitrogen and oxygen atoms in total. The number of carbonyl (C=O) groups is 1. The van der Waals surface area contributed by atoms with E-state index in [-0.39, 0.29) is 6.42 Å². The highest BCUT2D eigenvalue weighted by Crippen LogP contribution is 2.03. The van der Waals surface area contributed by atoms with E-state index in [9.17, 15) is 4.79 Å². The molecule has 2 heteroatoms. The van der Waals surface area contributed by atoms with Crippen LogP contribution in [0.15, 0.2) is 24.3 Å². The molecule has 0 aromatic rings. The highest BCUT2D eigenvalue weighted by Gasteiger charge is 1.92. The van der Waals surface area contributed by atoms with Gasteiger partial charge in [0.25, 0.3) is 0 Å². The molecule has 11 heavy (non-hydrogen) atoms. The first kappa shape index (κ1) is 9.95. The van der Waals surface area contributed by atoms with E-state index in [1.165, 1.54) is 5.57 Å². The fourth-order valence-corrected chi connectivity index (χ4v) is 0.753. The van der Waals surface area contributed by atoms with E-state index in [0.29, 0.717) is 6.42 Å². The molecule has 0 rings (SSSR count). The summed E-state index contributed by atoms with van der Waals surface area (Å²) in [5.41, 5.74) is 1.18. The Morgan fingerprint density at radius 1 is 1.64 bits per heavy atom. The normalized spacial score (nSPS) is 11.2. The van der Waals surface area contributed by atoms with Crippen LogP contribution in [0.3, 0.4) is 0 Å². The molecule has 0 amide bonds. The smallest absolute Gasteiger partial charge is 0.303 e. The van der Waals surface area contributed by atoms with Gasteiger partial charge >= 0.3 is 5.97 Å². The van der Waals surface area contributed by atoms with Gasteiger partial charge in [-0.25, -0.2) is 0 Å². The van der Waals surface area contributed by atoms with Gasteiger partial charge in [0.15, 0.2) is 0 Å². The van der Waals surface area contributed by atoms with Gasteiger partial charge in [0.05, 0.1) is 0 Å². The number of hydrogen-bond acceptors (Lipinski definition) is 1. The summed E-state index contributed by atoms with van der Waals surface area (Å²) in [6, 6.07) is 0. The van der Waals surface area contributed by atoms with Crippen molar-refractivity contribution in [3.05, 3.63) is 24.3 Å². The van der Waals surface area contributed by atoms with E-state index < -0.39 is 5.97 Å². The van der Waals surface area contributed by atoms with E-state index >= 15 is 0 Å². The van der Waals surface area contributed by atoms with Gasteiger partial charge in [0.2, 0.25) is 0 Å². The lowest BCUT2D eigenvalue weighted by Gasteiger charge is -1.93. The van der Waals surface area contributed by atoms with Crippen LogP contribution in [0.5, 0.6) is 0 Å². The van der Waals surface area contributed by atoms with Gasteiger partial charge in [0.1, 0.15) is 0 Å². The molecule has 62 valence electrons. The van der Waals surface area contributed by atoms with Gasteiger partial charge in [0, 0.05) is 6.42 Å². The molecule has 0 aliphatic rings. The summed E-state index contributed by atoms with van der Waals surface area (Å²) < 4.78 is 0. The lowest BCUT2D eigenvalue weighted by atomic mass is 10.1. The van der Waals surface area contributed by atoms with Gasteiger partial charge in [-0.3, -0.25) is 4.79 Å². The summed E-state index contributed by atoms with van der Waals surface area (Å²) in [6.07, 6.45) is 5.44.